The molecule has 1 saturated heterocycles. The minimum Gasteiger partial charge on any atom is -0.508 e. The van der Waals surface area contributed by atoms with E-state index in [-0.39, 0.29) is 25.5 Å². The van der Waals surface area contributed by atoms with Gasteiger partial charge in [-0.2, -0.15) is 0 Å². The van der Waals surface area contributed by atoms with Gasteiger partial charge in [-0.05, 0) is 13.0 Å². The minimum atomic E-state index is -0.723. The molecule has 0 bridgehead atoms. The van der Waals surface area contributed by atoms with E-state index < -0.39 is 11.6 Å². The van der Waals surface area contributed by atoms with E-state index in [2.05, 4.69) is 0 Å². The number of para-hydroxylation sites is 1. The van der Waals surface area contributed by atoms with Crippen molar-refractivity contribution in [3.8, 4) is 5.75 Å². The first-order valence-electron chi connectivity index (χ1n) is 5.39. The van der Waals surface area contributed by atoms with Crippen LogP contribution in [0.4, 0.5) is 4.79 Å². The van der Waals surface area contributed by atoms with Crippen LogP contribution in [0.1, 0.15) is 12.5 Å². The summed E-state index contributed by atoms with van der Waals surface area (Å²) in [5.74, 6) is 0.132. The van der Waals surface area contributed by atoms with Crippen LogP contribution in [0, 0.1) is 0 Å². The quantitative estimate of drug-likeness (QED) is 0.825. The van der Waals surface area contributed by atoms with Crippen LogP contribution >= 0.6 is 0 Å². The Morgan fingerprint density at radius 1 is 1.47 bits per heavy atom. The highest BCUT2D eigenvalue weighted by Gasteiger charge is 2.43. The van der Waals surface area contributed by atoms with Gasteiger partial charge >= 0.3 is 6.09 Å². The van der Waals surface area contributed by atoms with E-state index in [1.54, 1.807) is 31.2 Å². The molecule has 1 unspecified atom stereocenters. The second kappa shape index (κ2) is 4.25. The molecule has 1 aromatic rings. The molecule has 2 N–H and O–H groups in total. The standard InChI is InChI=1S/C12H15NO4/c1-12(7-14)8-17-11(16)13(12)6-9-4-2-3-5-10(9)15/h2-5,14-15H,6-8H2,1H3. The Labute approximate surface area is 99.2 Å². The SMILES string of the molecule is CC1(CO)COC(=O)N1Cc1ccccc1O. The molecule has 17 heavy (non-hydrogen) atoms. The Morgan fingerprint density at radius 2 is 2.18 bits per heavy atom. The lowest BCUT2D eigenvalue weighted by molar-refractivity contribution is 0.0952. The monoisotopic (exact) mass is 237 g/mol. The molecule has 0 aromatic heterocycles. The Bertz CT molecular complexity index is 434. The number of amides is 1. The van der Waals surface area contributed by atoms with Crippen molar-refractivity contribution in [3.63, 3.8) is 0 Å². The number of cyclic esters (lactones) is 1. The van der Waals surface area contributed by atoms with Crippen LogP contribution < -0.4 is 0 Å². The summed E-state index contributed by atoms with van der Waals surface area (Å²) in [6.45, 7) is 1.96. The van der Waals surface area contributed by atoms with E-state index in [4.69, 9.17) is 4.74 Å². The number of carbonyl (C=O) groups is 1. The predicted octanol–water partition coefficient (Wildman–Crippen LogP) is 1.10. The van der Waals surface area contributed by atoms with Crippen molar-refractivity contribution in [1.29, 1.82) is 0 Å². The number of aliphatic hydroxyl groups excluding tert-OH is 1. The molecule has 5 nitrogen and oxygen atoms in total. The molecule has 5 heteroatoms. The van der Waals surface area contributed by atoms with Crippen LogP contribution in [0.15, 0.2) is 24.3 Å². The molecule has 1 heterocycles. The first-order chi connectivity index (χ1) is 8.07. The maximum atomic E-state index is 11.6. The molecular formula is C12H15NO4. The van der Waals surface area contributed by atoms with Gasteiger partial charge in [-0.25, -0.2) is 4.79 Å². The molecule has 1 fully saturated rings. The van der Waals surface area contributed by atoms with Crippen molar-refractivity contribution in [2.75, 3.05) is 13.2 Å². The Morgan fingerprint density at radius 3 is 2.82 bits per heavy atom. The number of hydrogen-bond donors (Lipinski definition) is 2. The van der Waals surface area contributed by atoms with E-state index in [1.165, 1.54) is 4.90 Å². The molecule has 1 amide bonds. The molecule has 0 aliphatic carbocycles. The Kier molecular flexibility index (Phi) is 2.93. The number of carbonyl (C=O) groups excluding carboxylic acids is 1. The Hall–Kier alpha value is -1.75. The third-order valence-electron chi connectivity index (χ3n) is 3.04. The van der Waals surface area contributed by atoms with Crippen LogP contribution in [0.2, 0.25) is 0 Å². The summed E-state index contributed by atoms with van der Waals surface area (Å²) < 4.78 is 4.93. The first kappa shape index (κ1) is 11.7. The molecule has 2 rings (SSSR count). The van der Waals surface area contributed by atoms with Crippen LogP contribution in [0.3, 0.4) is 0 Å². The van der Waals surface area contributed by atoms with Gasteiger partial charge in [0.1, 0.15) is 17.9 Å². The van der Waals surface area contributed by atoms with Crippen LogP contribution in [-0.4, -0.2) is 40.0 Å². The number of rotatable bonds is 3. The topological polar surface area (TPSA) is 70.0 Å². The van der Waals surface area contributed by atoms with E-state index in [1.807, 2.05) is 0 Å². The van der Waals surface area contributed by atoms with Crippen LogP contribution in [-0.2, 0) is 11.3 Å². The summed E-state index contributed by atoms with van der Waals surface area (Å²) in [6.07, 6.45) is -0.468. The fourth-order valence-electron chi connectivity index (χ4n) is 1.79. The number of benzene rings is 1. The zero-order valence-corrected chi connectivity index (χ0v) is 9.59. The summed E-state index contributed by atoms with van der Waals surface area (Å²) >= 11 is 0. The van der Waals surface area contributed by atoms with Crippen molar-refractivity contribution in [3.05, 3.63) is 29.8 Å². The maximum absolute atomic E-state index is 11.6. The molecule has 1 aliphatic rings. The highest BCUT2D eigenvalue weighted by molar-refractivity contribution is 5.71. The number of phenolic OH excluding ortho intramolecular Hbond substituents is 1. The van der Waals surface area contributed by atoms with Gasteiger partial charge in [0.05, 0.1) is 13.2 Å². The summed E-state index contributed by atoms with van der Waals surface area (Å²) in [6, 6.07) is 6.80. The summed E-state index contributed by atoms with van der Waals surface area (Å²) in [7, 11) is 0. The van der Waals surface area contributed by atoms with Gasteiger partial charge in [-0.15, -0.1) is 0 Å². The number of nitrogens with zero attached hydrogens (tertiary/aromatic N) is 1. The Balaban J connectivity index is 2.23. The van der Waals surface area contributed by atoms with Crippen molar-refractivity contribution in [1.82, 2.24) is 4.90 Å². The largest absolute Gasteiger partial charge is 0.508 e. The third-order valence-corrected chi connectivity index (χ3v) is 3.04. The second-order valence-corrected chi connectivity index (χ2v) is 4.42. The number of aromatic hydroxyl groups is 1. The average Bonchev–Trinajstić information content (AvgIpc) is 2.61. The fourth-order valence-corrected chi connectivity index (χ4v) is 1.79. The van der Waals surface area contributed by atoms with Crippen molar-refractivity contribution >= 4 is 6.09 Å². The zero-order valence-electron chi connectivity index (χ0n) is 9.59. The maximum Gasteiger partial charge on any atom is 0.410 e. The number of hydrogen-bond acceptors (Lipinski definition) is 4. The van der Waals surface area contributed by atoms with Crippen LogP contribution in [0.25, 0.3) is 0 Å². The van der Waals surface area contributed by atoms with Crippen molar-refractivity contribution in [2.45, 2.75) is 19.0 Å². The second-order valence-electron chi connectivity index (χ2n) is 4.42. The summed E-state index contributed by atoms with van der Waals surface area (Å²) in [5, 5.41) is 19.0. The highest BCUT2D eigenvalue weighted by atomic mass is 16.6. The van der Waals surface area contributed by atoms with E-state index in [0.29, 0.717) is 5.56 Å². The lowest BCUT2D eigenvalue weighted by atomic mass is 10.0. The van der Waals surface area contributed by atoms with Gasteiger partial charge in [0.2, 0.25) is 0 Å². The zero-order chi connectivity index (χ0) is 12.5. The van der Waals surface area contributed by atoms with Gasteiger partial charge in [-0.1, -0.05) is 18.2 Å². The number of aliphatic hydroxyl groups is 1. The molecule has 0 radical (unpaired) electrons. The lowest BCUT2D eigenvalue weighted by Crippen LogP contribution is -2.47. The lowest BCUT2D eigenvalue weighted by Gasteiger charge is -2.30. The predicted molar refractivity (Wildman–Crippen MR) is 60.5 cm³/mol. The third kappa shape index (κ3) is 2.06. The van der Waals surface area contributed by atoms with Gasteiger partial charge in [-0.3, -0.25) is 4.90 Å². The van der Waals surface area contributed by atoms with E-state index >= 15 is 0 Å². The molecule has 92 valence electrons. The van der Waals surface area contributed by atoms with E-state index in [0.717, 1.165) is 0 Å². The van der Waals surface area contributed by atoms with Crippen LogP contribution in [0.5, 0.6) is 5.75 Å². The van der Waals surface area contributed by atoms with Gasteiger partial charge < -0.3 is 14.9 Å². The normalized spacial score (nSPS) is 23.9. The van der Waals surface area contributed by atoms with Gasteiger partial charge in [0, 0.05) is 5.56 Å². The smallest absolute Gasteiger partial charge is 0.410 e. The molecule has 1 aromatic carbocycles. The molecule has 1 atom stereocenters. The molecule has 0 spiro atoms. The fraction of sp³-hybridized carbons (Fsp3) is 0.417. The van der Waals surface area contributed by atoms with E-state index in [9.17, 15) is 15.0 Å². The summed E-state index contributed by atoms with van der Waals surface area (Å²) in [4.78, 5) is 13.0. The molecule has 1 aliphatic heterocycles. The number of phenols is 1. The van der Waals surface area contributed by atoms with Crippen molar-refractivity contribution < 1.29 is 19.7 Å². The minimum absolute atomic E-state index is 0.132. The molecule has 0 saturated carbocycles. The summed E-state index contributed by atoms with van der Waals surface area (Å²) in [5.41, 5.74) is -0.0923. The first-order valence-corrected chi connectivity index (χ1v) is 5.39. The number of ether oxygens (including phenoxy) is 1. The molecular weight excluding hydrogens is 222 g/mol. The van der Waals surface area contributed by atoms with Gasteiger partial charge in [0.25, 0.3) is 0 Å². The van der Waals surface area contributed by atoms with Gasteiger partial charge in [0.15, 0.2) is 0 Å². The average molecular weight is 237 g/mol. The van der Waals surface area contributed by atoms with Crippen molar-refractivity contribution in [2.24, 2.45) is 0 Å². The highest BCUT2D eigenvalue weighted by Crippen LogP contribution is 2.28.